The molecule has 1 aliphatic rings. The molecule has 3 aromatic rings. The van der Waals surface area contributed by atoms with Gasteiger partial charge in [0.05, 0.1) is 5.75 Å². The number of nitrogens with zero attached hydrogens (tertiary/aromatic N) is 5. The molecule has 1 fully saturated rings. The molecule has 0 aliphatic heterocycles. The van der Waals surface area contributed by atoms with E-state index in [0.717, 1.165) is 18.4 Å². The summed E-state index contributed by atoms with van der Waals surface area (Å²) in [5.41, 5.74) is 0.868. The van der Waals surface area contributed by atoms with Gasteiger partial charge in [0.1, 0.15) is 0 Å². The number of rotatable bonds is 6. The highest BCUT2D eigenvalue weighted by Gasteiger charge is 2.20. The van der Waals surface area contributed by atoms with Crippen LogP contribution in [0.5, 0.6) is 0 Å². The quantitative estimate of drug-likeness (QED) is 0.652. The van der Waals surface area contributed by atoms with E-state index in [1.54, 1.807) is 4.57 Å². The van der Waals surface area contributed by atoms with Crippen LogP contribution in [-0.2, 0) is 11.8 Å². The number of benzene rings is 1. The monoisotopic (exact) mass is 384 g/mol. The Labute approximate surface area is 160 Å². The van der Waals surface area contributed by atoms with E-state index in [1.165, 1.54) is 24.6 Å². The minimum absolute atomic E-state index is 0.0283. The SMILES string of the molecule is Cn1c(SCC(=O)NC2CCCC2)nnc1-c1nc(-c2ccccc2)no1. The van der Waals surface area contributed by atoms with Crippen molar-refractivity contribution in [3.05, 3.63) is 30.3 Å². The van der Waals surface area contributed by atoms with Crippen molar-refractivity contribution in [1.29, 1.82) is 0 Å². The Morgan fingerprint density at radius 2 is 2.04 bits per heavy atom. The second-order valence-corrected chi connectivity index (χ2v) is 7.43. The third-order valence-electron chi connectivity index (χ3n) is 4.54. The molecule has 140 valence electrons. The van der Waals surface area contributed by atoms with Gasteiger partial charge in [-0.3, -0.25) is 4.79 Å². The standard InChI is InChI=1S/C18H20N6O2S/c1-24-16(17-20-15(23-26-17)12-7-3-2-4-8-12)21-22-18(24)27-11-14(25)19-13-9-5-6-10-13/h2-4,7-8,13H,5-6,9-11H2,1H3,(H,19,25). The number of hydrogen-bond donors (Lipinski definition) is 1. The van der Waals surface area contributed by atoms with Crippen LogP contribution in [0.15, 0.2) is 40.0 Å². The zero-order valence-corrected chi connectivity index (χ0v) is 15.8. The van der Waals surface area contributed by atoms with Gasteiger partial charge in [0, 0.05) is 18.7 Å². The lowest BCUT2D eigenvalue weighted by molar-refractivity contribution is -0.119. The molecule has 8 nitrogen and oxygen atoms in total. The van der Waals surface area contributed by atoms with Crippen LogP contribution in [0, 0.1) is 0 Å². The first-order chi connectivity index (χ1) is 13.2. The minimum Gasteiger partial charge on any atom is -0.353 e. The summed E-state index contributed by atoms with van der Waals surface area (Å²) in [6.45, 7) is 0. The Balaban J connectivity index is 1.41. The van der Waals surface area contributed by atoms with E-state index < -0.39 is 0 Å². The van der Waals surface area contributed by atoms with Crippen LogP contribution < -0.4 is 5.32 Å². The van der Waals surface area contributed by atoms with Gasteiger partial charge < -0.3 is 14.4 Å². The van der Waals surface area contributed by atoms with E-state index in [4.69, 9.17) is 4.52 Å². The molecule has 27 heavy (non-hydrogen) atoms. The second kappa shape index (κ2) is 7.91. The van der Waals surface area contributed by atoms with Crippen molar-refractivity contribution in [1.82, 2.24) is 30.2 Å². The van der Waals surface area contributed by atoms with E-state index in [-0.39, 0.29) is 5.91 Å². The highest BCUT2D eigenvalue weighted by molar-refractivity contribution is 7.99. The summed E-state index contributed by atoms with van der Waals surface area (Å²) in [7, 11) is 1.82. The molecule has 0 bridgehead atoms. The maximum absolute atomic E-state index is 12.1. The molecule has 1 saturated carbocycles. The molecule has 9 heteroatoms. The Kier molecular flexibility index (Phi) is 5.19. The first-order valence-corrected chi connectivity index (χ1v) is 9.90. The fourth-order valence-corrected chi connectivity index (χ4v) is 3.84. The van der Waals surface area contributed by atoms with Crippen molar-refractivity contribution < 1.29 is 9.32 Å². The molecular formula is C18H20N6O2S. The predicted molar refractivity (Wildman–Crippen MR) is 101 cm³/mol. The minimum atomic E-state index is 0.0283. The third-order valence-corrected chi connectivity index (χ3v) is 5.56. The largest absolute Gasteiger partial charge is 0.353 e. The van der Waals surface area contributed by atoms with E-state index in [1.807, 2.05) is 37.4 Å². The number of hydrogen-bond acceptors (Lipinski definition) is 7. The first-order valence-electron chi connectivity index (χ1n) is 8.92. The molecule has 4 rings (SSSR count). The van der Waals surface area contributed by atoms with Gasteiger partial charge in [-0.05, 0) is 12.8 Å². The molecule has 0 radical (unpaired) electrons. The highest BCUT2D eigenvalue weighted by atomic mass is 32.2. The van der Waals surface area contributed by atoms with Gasteiger partial charge in [-0.1, -0.05) is 60.1 Å². The van der Waals surface area contributed by atoms with Crippen molar-refractivity contribution in [3.63, 3.8) is 0 Å². The fraction of sp³-hybridized carbons (Fsp3) is 0.389. The number of thioether (sulfide) groups is 1. The number of nitrogens with one attached hydrogen (secondary N) is 1. The molecule has 0 spiro atoms. The Hall–Kier alpha value is -2.68. The van der Waals surface area contributed by atoms with Crippen molar-refractivity contribution in [3.8, 4) is 23.1 Å². The first kappa shape index (κ1) is 17.7. The Morgan fingerprint density at radius 1 is 1.26 bits per heavy atom. The van der Waals surface area contributed by atoms with Gasteiger partial charge in [-0.2, -0.15) is 4.98 Å². The molecule has 0 saturated heterocycles. The van der Waals surface area contributed by atoms with Gasteiger partial charge in [0.15, 0.2) is 5.16 Å². The second-order valence-electron chi connectivity index (χ2n) is 6.49. The third kappa shape index (κ3) is 4.02. The van der Waals surface area contributed by atoms with Gasteiger partial charge in [0.2, 0.25) is 17.6 Å². The molecule has 1 aliphatic carbocycles. The van der Waals surface area contributed by atoms with Crippen molar-refractivity contribution in [2.75, 3.05) is 5.75 Å². The molecular weight excluding hydrogens is 364 g/mol. The van der Waals surface area contributed by atoms with Crippen LogP contribution >= 0.6 is 11.8 Å². The van der Waals surface area contributed by atoms with Crippen molar-refractivity contribution in [2.45, 2.75) is 36.9 Å². The maximum atomic E-state index is 12.1. The number of aromatic nitrogens is 5. The molecule has 0 unspecified atom stereocenters. The Morgan fingerprint density at radius 3 is 2.81 bits per heavy atom. The summed E-state index contributed by atoms with van der Waals surface area (Å²) < 4.78 is 7.10. The summed E-state index contributed by atoms with van der Waals surface area (Å²) in [4.78, 5) is 16.5. The van der Waals surface area contributed by atoms with Crippen LogP contribution in [-0.4, -0.2) is 42.6 Å². The van der Waals surface area contributed by atoms with Gasteiger partial charge in [-0.25, -0.2) is 0 Å². The molecule has 2 heterocycles. The van der Waals surface area contributed by atoms with E-state index in [2.05, 4.69) is 25.7 Å². The zero-order chi connectivity index (χ0) is 18.6. The van der Waals surface area contributed by atoms with Crippen LogP contribution in [0.25, 0.3) is 23.1 Å². The summed E-state index contributed by atoms with van der Waals surface area (Å²) in [6, 6.07) is 9.91. The van der Waals surface area contributed by atoms with Crippen LogP contribution in [0.3, 0.4) is 0 Å². The zero-order valence-electron chi connectivity index (χ0n) is 15.0. The van der Waals surface area contributed by atoms with Crippen LogP contribution in [0.4, 0.5) is 0 Å². The van der Waals surface area contributed by atoms with Gasteiger partial charge in [-0.15, -0.1) is 10.2 Å². The summed E-state index contributed by atoms with van der Waals surface area (Å²) in [5.74, 6) is 1.61. The number of carbonyl (C=O) groups is 1. The lowest BCUT2D eigenvalue weighted by Crippen LogP contribution is -2.33. The topological polar surface area (TPSA) is 98.7 Å². The Bertz CT molecular complexity index is 917. The fourth-order valence-electron chi connectivity index (χ4n) is 3.12. The number of carbonyl (C=O) groups excluding carboxylic acids is 1. The van der Waals surface area contributed by atoms with Crippen LogP contribution in [0.2, 0.25) is 0 Å². The van der Waals surface area contributed by atoms with E-state index in [9.17, 15) is 4.79 Å². The summed E-state index contributed by atoms with van der Waals surface area (Å²) >= 11 is 1.34. The average molecular weight is 384 g/mol. The van der Waals surface area contributed by atoms with Gasteiger partial charge in [0.25, 0.3) is 5.89 Å². The molecule has 1 N–H and O–H groups in total. The highest BCUT2D eigenvalue weighted by Crippen LogP contribution is 2.24. The predicted octanol–water partition coefficient (Wildman–Crippen LogP) is 2.68. The summed E-state index contributed by atoms with van der Waals surface area (Å²) in [6.07, 6.45) is 4.54. The smallest absolute Gasteiger partial charge is 0.296 e. The van der Waals surface area contributed by atoms with E-state index in [0.29, 0.717) is 34.5 Å². The van der Waals surface area contributed by atoms with E-state index >= 15 is 0 Å². The molecule has 1 aromatic carbocycles. The summed E-state index contributed by atoms with van der Waals surface area (Å²) in [5, 5.41) is 16.0. The van der Waals surface area contributed by atoms with Gasteiger partial charge >= 0.3 is 0 Å². The van der Waals surface area contributed by atoms with Crippen molar-refractivity contribution in [2.24, 2.45) is 7.05 Å². The van der Waals surface area contributed by atoms with Crippen molar-refractivity contribution >= 4 is 17.7 Å². The normalized spacial score (nSPS) is 14.6. The average Bonchev–Trinajstić information content (AvgIpc) is 3.42. The van der Waals surface area contributed by atoms with Crippen LogP contribution in [0.1, 0.15) is 25.7 Å². The molecule has 2 aromatic heterocycles. The molecule has 1 amide bonds. The maximum Gasteiger partial charge on any atom is 0.296 e. The number of amides is 1. The lowest BCUT2D eigenvalue weighted by Gasteiger charge is -2.11. The lowest BCUT2D eigenvalue weighted by atomic mass is 10.2. The molecule has 0 atom stereocenters.